The molecular formula is C4H8F3NOS. The zero-order valence-corrected chi connectivity index (χ0v) is 6.18. The van der Waals surface area contributed by atoms with Crippen molar-refractivity contribution in [3.63, 3.8) is 0 Å². The van der Waals surface area contributed by atoms with Gasteiger partial charge in [-0.3, -0.25) is 0 Å². The minimum Gasteiger partial charge on any atom is -0.305 e. The van der Waals surface area contributed by atoms with Crippen LogP contribution in [0.1, 0.15) is 0 Å². The van der Waals surface area contributed by atoms with Crippen LogP contribution in [0.2, 0.25) is 0 Å². The van der Waals surface area contributed by atoms with Gasteiger partial charge in [0, 0.05) is 12.3 Å². The molecule has 0 aromatic carbocycles. The Labute approximate surface area is 61.1 Å². The number of alkyl halides is 3. The fourth-order valence-electron chi connectivity index (χ4n) is 0.310. The molecule has 0 aromatic rings. The van der Waals surface area contributed by atoms with E-state index in [2.05, 4.69) is 10.3 Å². The minimum atomic E-state index is -4.13. The van der Waals surface area contributed by atoms with E-state index in [1.54, 1.807) is 0 Å². The van der Waals surface area contributed by atoms with Crippen LogP contribution >= 0.6 is 11.8 Å². The van der Waals surface area contributed by atoms with Gasteiger partial charge in [0.15, 0.2) is 0 Å². The molecule has 6 heteroatoms. The first kappa shape index (κ1) is 10.1. The third-order valence-corrected chi connectivity index (χ3v) is 1.35. The van der Waals surface area contributed by atoms with Gasteiger partial charge >= 0.3 is 5.51 Å². The van der Waals surface area contributed by atoms with Crippen molar-refractivity contribution in [1.82, 2.24) is 5.48 Å². The van der Waals surface area contributed by atoms with Crippen molar-refractivity contribution in [2.75, 3.05) is 19.4 Å². The molecule has 1 N–H and O–H groups in total. The number of thioether (sulfide) groups is 1. The first-order chi connectivity index (χ1) is 4.56. The van der Waals surface area contributed by atoms with E-state index >= 15 is 0 Å². The first-order valence-corrected chi connectivity index (χ1v) is 3.51. The lowest BCUT2D eigenvalue weighted by molar-refractivity contribution is -0.0329. The molecule has 2 nitrogen and oxygen atoms in total. The molecule has 0 aliphatic rings. The standard InChI is InChI=1S/C4H8F3NOS/c1-9-8-2-3-10-4(5,6)7/h8H,2-3H2,1H3. The van der Waals surface area contributed by atoms with Gasteiger partial charge in [-0.15, -0.1) is 0 Å². The fourth-order valence-corrected chi connectivity index (χ4v) is 0.727. The molecule has 0 spiro atoms. The smallest absolute Gasteiger partial charge is 0.305 e. The molecule has 0 atom stereocenters. The summed E-state index contributed by atoms with van der Waals surface area (Å²) < 4.78 is 34.1. The van der Waals surface area contributed by atoms with Gasteiger partial charge in [0.25, 0.3) is 0 Å². The van der Waals surface area contributed by atoms with E-state index < -0.39 is 5.51 Å². The predicted octanol–water partition coefficient (Wildman–Crippen LogP) is 1.39. The van der Waals surface area contributed by atoms with Crippen molar-refractivity contribution < 1.29 is 18.0 Å². The summed E-state index contributed by atoms with van der Waals surface area (Å²) in [5, 5.41) is 0. The number of rotatable bonds is 4. The average molecular weight is 175 g/mol. The summed E-state index contributed by atoms with van der Waals surface area (Å²) in [4.78, 5) is 4.33. The van der Waals surface area contributed by atoms with Gasteiger partial charge in [0.1, 0.15) is 0 Å². The summed E-state index contributed by atoms with van der Waals surface area (Å²) >= 11 is -0.0690. The van der Waals surface area contributed by atoms with Crippen molar-refractivity contribution in [1.29, 1.82) is 0 Å². The second-order valence-corrected chi connectivity index (χ2v) is 2.55. The summed E-state index contributed by atoms with van der Waals surface area (Å²) in [5.41, 5.74) is -1.83. The van der Waals surface area contributed by atoms with Gasteiger partial charge in [-0.2, -0.15) is 13.2 Å². The van der Waals surface area contributed by atoms with E-state index in [1.807, 2.05) is 0 Å². The SMILES string of the molecule is CONCCSC(F)(F)F. The third-order valence-electron chi connectivity index (χ3n) is 0.614. The van der Waals surface area contributed by atoms with Crippen LogP contribution in [-0.4, -0.2) is 24.9 Å². The first-order valence-electron chi connectivity index (χ1n) is 2.53. The summed E-state index contributed by atoms with van der Waals surface area (Å²) in [6.45, 7) is 0.195. The average Bonchev–Trinajstić information content (AvgIpc) is 1.78. The molecule has 0 amide bonds. The van der Waals surface area contributed by atoms with E-state index in [9.17, 15) is 13.2 Å². The molecule has 0 aliphatic heterocycles. The van der Waals surface area contributed by atoms with E-state index in [4.69, 9.17) is 0 Å². The van der Waals surface area contributed by atoms with Crippen LogP contribution in [-0.2, 0) is 4.84 Å². The van der Waals surface area contributed by atoms with Crippen LogP contribution < -0.4 is 5.48 Å². The molecule has 10 heavy (non-hydrogen) atoms. The second kappa shape index (κ2) is 4.81. The molecule has 0 rings (SSSR count). The Morgan fingerprint density at radius 1 is 1.50 bits per heavy atom. The van der Waals surface area contributed by atoms with Gasteiger partial charge in [-0.05, 0) is 11.8 Å². The van der Waals surface area contributed by atoms with Gasteiger partial charge < -0.3 is 4.84 Å². The van der Waals surface area contributed by atoms with Crippen LogP contribution in [0.5, 0.6) is 0 Å². The summed E-state index contributed by atoms with van der Waals surface area (Å²) in [5.74, 6) is -0.0304. The van der Waals surface area contributed by atoms with Gasteiger partial charge in [-0.25, -0.2) is 5.48 Å². The Morgan fingerprint density at radius 3 is 2.50 bits per heavy atom. The normalized spacial score (nSPS) is 12.0. The number of hydrogen-bond acceptors (Lipinski definition) is 3. The monoisotopic (exact) mass is 175 g/mol. The van der Waals surface area contributed by atoms with Crippen molar-refractivity contribution in [2.24, 2.45) is 0 Å². The van der Waals surface area contributed by atoms with E-state index in [1.165, 1.54) is 7.11 Å². The maximum Gasteiger partial charge on any atom is 0.441 e. The van der Waals surface area contributed by atoms with Gasteiger partial charge in [-0.1, -0.05) is 0 Å². The van der Waals surface area contributed by atoms with E-state index in [0.29, 0.717) is 0 Å². The molecule has 0 saturated heterocycles. The summed E-state index contributed by atoms with van der Waals surface area (Å²) in [6.07, 6.45) is 0. The second-order valence-electron chi connectivity index (χ2n) is 1.39. The maximum absolute atomic E-state index is 11.4. The minimum absolute atomic E-state index is 0.0304. The van der Waals surface area contributed by atoms with Crippen LogP contribution in [0.25, 0.3) is 0 Å². The number of nitrogens with one attached hydrogen (secondary N) is 1. The largest absolute Gasteiger partial charge is 0.441 e. The Morgan fingerprint density at radius 2 is 2.10 bits per heavy atom. The Hall–Kier alpha value is 0.0600. The molecular weight excluding hydrogens is 167 g/mol. The zero-order valence-electron chi connectivity index (χ0n) is 5.36. The zero-order chi connectivity index (χ0) is 8.04. The van der Waals surface area contributed by atoms with Crippen molar-refractivity contribution in [3.05, 3.63) is 0 Å². The molecule has 0 saturated carbocycles. The van der Waals surface area contributed by atoms with E-state index in [0.717, 1.165) is 0 Å². The molecule has 0 aromatic heterocycles. The maximum atomic E-state index is 11.4. The summed E-state index contributed by atoms with van der Waals surface area (Å²) in [7, 11) is 1.36. The Bertz CT molecular complexity index is 87.1. The lowest BCUT2D eigenvalue weighted by atomic mass is 10.8. The molecule has 0 radical (unpaired) electrons. The highest BCUT2D eigenvalue weighted by molar-refractivity contribution is 8.00. The molecule has 62 valence electrons. The Kier molecular flexibility index (Phi) is 4.84. The third kappa shape index (κ3) is 8.06. The quantitative estimate of drug-likeness (QED) is 0.515. The van der Waals surface area contributed by atoms with Crippen LogP contribution in [0.3, 0.4) is 0 Å². The number of hydrogen-bond donors (Lipinski definition) is 1. The topological polar surface area (TPSA) is 21.3 Å². The van der Waals surface area contributed by atoms with Crippen molar-refractivity contribution >= 4 is 11.8 Å². The van der Waals surface area contributed by atoms with Crippen LogP contribution in [0, 0.1) is 0 Å². The fraction of sp³-hybridized carbons (Fsp3) is 1.00. The highest BCUT2D eigenvalue weighted by Gasteiger charge is 2.27. The van der Waals surface area contributed by atoms with Gasteiger partial charge in [0.05, 0.1) is 7.11 Å². The van der Waals surface area contributed by atoms with E-state index in [-0.39, 0.29) is 24.1 Å². The lowest BCUT2D eigenvalue weighted by Crippen LogP contribution is -2.17. The summed E-state index contributed by atoms with van der Waals surface area (Å²) in [6, 6.07) is 0. The lowest BCUT2D eigenvalue weighted by Gasteiger charge is -2.04. The van der Waals surface area contributed by atoms with Gasteiger partial charge in [0.2, 0.25) is 0 Å². The molecule has 0 unspecified atom stereocenters. The highest BCUT2D eigenvalue weighted by Crippen LogP contribution is 2.29. The highest BCUT2D eigenvalue weighted by atomic mass is 32.2. The Balaban J connectivity index is 3.04. The predicted molar refractivity (Wildman–Crippen MR) is 33.5 cm³/mol. The van der Waals surface area contributed by atoms with Crippen LogP contribution in [0.4, 0.5) is 13.2 Å². The number of hydroxylamine groups is 1. The molecule has 0 heterocycles. The molecule has 0 fully saturated rings. The van der Waals surface area contributed by atoms with Crippen molar-refractivity contribution in [3.8, 4) is 0 Å². The molecule has 0 bridgehead atoms. The molecule has 0 aliphatic carbocycles. The van der Waals surface area contributed by atoms with Crippen molar-refractivity contribution in [2.45, 2.75) is 5.51 Å². The number of halogens is 3. The van der Waals surface area contributed by atoms with Crippen LogP contribution in [0.15, 0.2) is 0 Å².